The van der Waals surface area contributed by atoms with E-state index in [4.69, 9.17) is 27.9 Å². The highest BCUT2D eigenvalue weighted by Gasteiger charge is 2.00. The molecule has 0 saturated carbocycles. The van der Waals surface area contributed by atoms with Crippen molar-refractivity contribution in [2.24, 2.45) is 0 Å². The number of aryl methyl sites for hydroxylation is 1. The van der Waals surface area contributed by atoms with Gasteiger partial charge < -0.3 is 10.1 Å². The molecule has 19 heavy (non-hydrogen) atoms. The normalized spacial score (nSPS) is 10.3. The zero-order valence-electron chi connectivity index (χ0n) is 10.6. The Labute approximate surface area is 123 Å². The summed E-state index contributed by atoms with van der Waals surface area (Å²) in [4.78, 5) is 0. The van der Waals surface area contributed by atoms with Crippen LogP contribution in [0.2, 0.25) is 10.0 Å². The van der Waals surface area contributed by atoms with Crippen LogP contribution in [0.3, 0.4) is 0 Å². The highest BCUT2D eigenvalue weighted by molar-refractivity contribution is 6.34. The van der Waals surface area contributed by atoms with E-state index in [1.165, 1.54) is 5.56 Å². The molecule has 100 valence electrons. The molecule has 1 N–H and O–H groups in total. The molecule has 0 unspecified atom stereocenters. The summed E-state index contributed by atoms with van der Waals surface area (Å²) in [5.74, 6) is 0.684. The fourth-order valence-electron chi connectivity index (χ4n) is 1.74. The summed E-state index contributed by atoms with van der Waals surface area (Å²) in [6, 6.07) is 13.3. The Kier molecular flexibility index (Phi) is 4.94. The van der Waals surface area contributed by atoms with Crippen molar-refractivity contribution < 1.29 is 4.74 Å². The summed E-state index contributed by atoms with van der Waals surface area (Å²) in [6.45, 7) is 3.33. The van der Waals surface area contributed by atoms with Gasteiger partial charge in [-0.25, -0.2) is 0 Å². The minimum atomic E-state index is 0.547. The average molecular weight is 296 g/mol. The van der Waals surface area contributed by atoms with E-state index >= 15 is 0 Å². The Morgan fingerprint density at radius 1 is 1.05 bits per heavy atom. The zero-order chi connectivity index (χ0) is 13.7. The third kappa shape index (κ3) is 4.34. The van der Waals surface area contributed by atoms with Crippen LogP contribution >= 0.6 is 23.2 Å². The lowest BCUT2D eigenvalue weighted by Crippen LogP contribution is -2.12. The number of anilines is 1. The van der Waals surface area contributed by atoms with E-state index in [1.54, 1.807) is 18.2 Å². The number of ether oxygens (including phenoxy) is 1. The monoisotopic (exact) mass is 295 g/mol. The van der Waals surface area contributed by atoms with E-state index < -0.39 is 0 Å². The van der Waals surface area contributed by atoms with E-state index in [9.17, 15) is 0 Å². The lowest BCUT2D eigenvalue weighted by molar-refractivity contribution is 0.333. The van der Waals surface area contributed by atoms with Crippen LogP contribution in [0.5, 0.6) is 5.75 Å². The second-order valence-electron chi connectivity index (χ2n) is 4.20. The number of para-hydroxylation sites is 1. The van der Waals surface area contributed by atoms with Gasteiger partial charge in [-0.3, -0.25) is 0 Å². The minimum absolute atomic E-state index is 0.547. The van der Waals surface area contributed by atoms with Crippen LogP contribution in [0, 0.1) is 6.92 Å². The van der Waals surface area contributed by atoms with Crippen LogP contribution in [-0.2, 0) is 0 Å². The van der Waals surface area contributed by atoms with Crippen LogP contribution < -0.4 is 10.1 Å². The maximum Gasteiger partial charge on any atom is 0.122 e. The first-order chi connectivity index (χ1) is 9.15. The van der Waals surface area contributed by atoms with Crippen molar-refractivity contribution in [2.75, 3.05) is 18.5 Å². The summed E-state index contributed by atoms with van der Waals surface area (Å²) in [5, 5.41) is 4.48. The van der Waals surface area contributed by atoms with E-state index in [0.717, 1.165) is 12.2 Å². The fraction of sp³-hybridized carbons (Fsp3) is 0.200. The number of halogens is 2. The van der Waals surface area contributed by atoms with Crippen LogP contribution in [0.1, 0.15) is 5.56 Å². The molecule has 0 heterocycles. The quantitative estimate of drug-likeness (QED) is 0.801. The first-order valence-electron chi connectivity index (χ1n) is 6.03. The summed E-state index contributed by atoms with van der Waals surface area (Å²) in [5.41, 5.74) is 2.34. The lowest BCUT2D eigenvalue weighted by atomic mass is 10.2. The number of benzene rings is 2. The molecule has 0 radical (unpaired) electrons. The molecule has 2 aromatic carbocycles. The molecule has 0 aromatic heterocycles. The van der Waals surface area contributed by atoms with E-state index in [1.807, 2.05) is 18.2 Å². The van der Waals surface area contributed by atoms with Crippen molar-refractivity contribution in [3.05, 3.63) is 58.1 Å². The van der Waals surface area contributed by atoms with Gasteiger partial charge in [-0.05, 0) is 36.8 Å². The second-order valence-corrected chi connectivity index (χ2v) is 5.07. The Bertz CT molecular complexity index is 537. The molecule has 0 aliphatic carbocycles. The fourth-order valence-corrected chi connectivity index (χ4v) is 2.24. The van der Waals surface area contributed by atoms with Crippen LogP contribution in [0.4, 0.5) is 5.69 Å². The number of hydrogen-bond donors (Lipinski definition) is 1. The van der Waals surface area contributed by atoms with Crippen LogP contribution in [0.15, 0.2) is 42.5 Å². The first-order valence-corrected chi connectivity index (χ1v) is 6.79. The van der Waals surface area contributed by atoms with Gasteiger partial charge in [0.15, 0.2) is 0 Å². The number of rotatable bonds is 5. The van der Waals surface area contributed by atoms with Crippen molar-refractivity contribution in [3.8, 4) is 5.75 Å². The van der Waals surface area contributed by atoms with Crippen LogP contribution in [0.25, 0.3) is 0 Å². The van der Waals surface area contributed by atoms with Gasteiger partial charge in [0.05, 0.1) is 0 Å². The third-order valence-corrected chi connectivity index (χ3v) is 3.10. The molecule has 0 aliphatic rings. The van der Waals surface area contributed by atoms with Gasteiger partial charge in [-0.15, -0.1) is 0 Å². The van der Waals surface area contributed by atoms with Crippen molar-refractivity contribution in [1.82, 2.24) is 0 Å². The van der Waals surface area contributed by atoms with E-state index in [0.29, 0.717) is 22.4 Å². The van der Waals surface area contributed by atoms with Crippen molar-refractivity contribution >= 4 is 28.9 Å². The predicted molar refractivity (Wildman–Crippen MR) is 81.6 cm³/mol. The summed E-state index contributed by atoms with van der Waals surface area (Å²) in [7, 11) is 0. The highest BCUT2D eigenvalue weighted by atomic mass is 35.5. The van der Waals surface area contributed by atoms with Crippen LogP contribution in [-0.4, -0.2) is 13.2 Å². The molecule has 4 heteroatoms. The first kappa shape index (κ1) is 14.0. The summed E-state index contributed by atoms with van der Waals surface area (Å²) in [6.07, 6.45) is 0. The van der Waals surface area contributed by atoms with Crippen molar-refractivity contribution in [3.63, 3.8) is 0 Å². The van der Waals surface area contributed by atoms with Gasteiger partial charge in [0.25, 0.3) is 0 Å². The third-order valence-electron chi connectivity index (χ3n) is 2.67. The van der Waals surface area contributed by atoms with Crippen molar-refractivity contribution in [2.45, 2.75) is 6.92 Å². The number of hydrogen-bond acceptors (Lipinski definition) is 2. The number of nitrogens with one attached hydrogen (secondary N) is 1. The molecule has 2 aromatic rings. The van der Waals surface area contributed by atoms with E-state index in [-0.39, 0.29) is 0 Å². The van der Waals surface area contributed by atoms with Gasteiger partial charge in [-0.1, -0.05) is 41.4 Å². The molecule has 2 rings (SSSR count). The maximum absolute atomic E-state index is 5.90. The average Bonchev–Trinajstić information content (AvgIpc) is 2.35. The molecule has 0 fully saturated rings. The minimum Gasteiger partial charge on any atom is -0.492 e. The topological polar surface area (TPSA) is 21.3 Å². The van der Waals surface area contributed by atoms with Gasteiger partial charge in [0.2, 0.25) is 0 Å². The zero-order valence-corrected chi connectivity index (χ0v) is 12.1. The molecule has 2 nitrogen and oxygen atoms in total. The molecule has 0 atom stereocenters. The smallest absolute Gasteiger partial charge is 0.122 e. The molecular formula is C15H15Cl2NO. The van der Waals surface area contributed by atoms with Gasteiger partial charge in [0.1, 0.15) is 12.4 Å². The molecule has 0 saturated heterocycles. The molecule has 0 amide bonds. The Morgan fingerprint density at radius 2 is 1.74 bits per heavy atom. The Hall–Kier alpha value is -1.38. The molecule has 0 spiro atoms. The molecule has 0 bridgehead atoms. The largest absolute Gasteiger partial charge is 0.492 e. The van der Waals surface area contributed by atoms with E-state index in [2.05, 4.69) is 18.3 Å². The predicted octanol–water partition coefficient (Wildman–Crippen LogP) is 4.79. The highest BCUT2D eigenvalue weighted by Crippen LogP contribution is 2.24. The van der Waals surface area contributed by atoms with Crippen molar-refractivity contribution in [1.29, 1.82) is 0 Å². The standard InChI is InChI=1S/C15H15Cl2NO/c1-11-4-2-3-5-15(11)18-6-7-19-14-9-12(16)8-13(17)10-14/h2-5,8-10,18H,6-7H2,1H3. The van der Waals surface area contributed by atoms with Gasteiger partial charge in [-0.2, -0.15) is 0 Å². The SMILES string of the molecule is Cc1ccccc1NCCOc1cc(Cl)cc(Cl)c1. The van der Waals surface area contributed by atoms with Gasteiger partial charge in [0, 0.05) is 22.3 Å². The van der Waals surface area contributed by atoms with Gasteiger partial charge >= 0.3 is 0 Å². The Balaban J connectivity index is 1.82. The second kappa shape index (κ2) is 6.69. The lowest BCUT2D eigenvalue weighted by Gasteiger charge is -2.11. The molecular weight excluding hydrogens is 281 g/mol. The summed E-state index contributed by atoms with van der Waals surface area (Å²) < 4.78 is 5.60. The molecule has 0 aliphatic heterocycles. The summed E-state index contributed by atoms with van der Waals surface area (Å²) >= 11 is 11.8. The Morgan fingerprint density at radius 3 is 2.42 bits per heavy atom. The maximum atomic E-state index is 5.90.